The van der Waals surface area contributed by atoms with E-state index in [0.29, 0.717) is 0 Å². The number of aryl methyl sites for hydroxylation is 2. The van der Waals surface area contributed by atoms with Gasteiger partial charge in [-0.3, -0.25) is 0 Å². The molecule has 0 radical (unpaired) electrons. The van der Waals surface area contributed by atoms with E-state index in [1.54, 1.807) is 0 Å². The molecule has 0 atom stereocenters. The average Bonchev–Trinajstić information content (AvgIpc) is 2.12. The molecule has 0 saturated carbocycles. The molecule has 2 rings (SSSR count). The fourth-order valence-corrected chi connectivity index (χ4v) is 1.69. The number of benzene rings is 1. The van der Waals surface area contributed by atoms with Crippen molar-refractivity contribution in [1.82, 2.24) is 0 Å². The molecule has 0 unspecified atom stereocenters. The van der Waals surface area contributed by atoms with E-state index in [9.17, 15) is 0 Å². The highest BCUT2D eigenvalue weighted by atomic mass is 35.5. The number of fused-ring (bicyclic) bond motifs is 1. The second kappa shape index (κ2) is 3.00. The number of halogens is 1. The number of nitrogens with zero attached hydrogens (tertiary/aromatic N) is 1. The summed E-state index contributed by atoms with van der Waals surface area (Å²) in [4.78, 5) is 0. The monoisotopic (exact) mass is 192 g/mol. The average molecular weight is 193 g/mol. The molecule has 2 heteroatoms. The molecule has 0 aliphatic carbocycles. The van der Waals surface area contributed by atoms with Gasteiger partial charge < -0.3 is 0 Å². The molecule has 2 aromatic rings. The van der Waals surface area contributed by atoms with Gasteiger partial charge in [0.05, 0.1) is 0 Å². The van der Waals surface area contributed by atoms with Crippen molar-refractivity contribution in [1.29, 1.82) is 0 Å². The van der Waals surface area contributed by atoms with Gasteiger partial charge in [0, 0.05) is 22.5 Å². The lowest BCUT2D eigenvalue weighted by molar-refractivity contribution is -0.644. The maximum Gasteiger partial charge on any atom is 0.214 e. The highest BCUT2D eigenvalue weighted by molar-refractivity contribution is 6.31. The Hall–Kier alpha value is -1.08. The van der Waals surface area contributed by atoms with Crippen LogP contribution in [0.25, 0.3) is 10.9 Å². The third kappa shape index (κ3) is 1.40. The van der Waals surface area contributed by atoms with Crippen molar-refractivity contribution in [2.75, 3.05) is 0 Å². The van der Waals surface area contributed by atoms with Crippen LogP contribution >= 0.6 is 11.6 Å². The van der Waals surface area contributed by atoms with Gasteiger partial charge in [0.25, 0.3) is 0 Å². The van der Waals surface area contributed by atoms with Crippen molar-refractivity contribution in [3.8, 4) is 0 Å². The molecular weight excluding hydrogens is 182 g/mol. The molecule has 0 bridgehead atoms. The Morgan fingerprint density at radius 3 is 2.77 bits per heavy atom. The van der Waals surface area contributed by atoms with Crippen molar-refractivity contribution in [3.05, 3.63) is 41.0 Å². The van der Waals surface area contributed by atoms with Crippen LogP contribution in [-0.2, 0) is 7.05 Å². The second-order valence-corrected chi connectivity index (χ2v) is 3.71. The summed E-state index contributed by atoms with van der Waals surface area (Å²) in [5, 5.41) is 2.04. The van der Waals surface area contributed by atoms with Gasteiger partial charge in [0.1, 0.15) is 7.05 Å². The number of pyridine rings is 1. The van der Waals surface area contributed by atoms with Crippen molar-refractivity contribution >= 4 is 22.5 Å². The summed E-state index contributed by atoms with van der Waals surface area (Å²) in [6, 6.07) is 8.09. The van der Waals surface area contributed by atoms with Crippen LogP contribution in [0.1, 0.15) is 5.56 Å². The Morgan fingerprint density at radius 1 is 1.23 bits per heavy atom. The number of hydrogen-bond acceptors (Lipinski definition) is 0. The minimum Gasteiger partial charge on any atom is -0.201 e. The number of aromatic nitrogens is 1. The predicted octanol–water partition coefficient (Wildman–Crippen LogP) is 2.63. The maximum atomic E-state index is 5.93. The zero-order chi connectivity index (χ0) is 9.42. The summed E-state index contributed by atoms with van der Waals surface area (Å²) >= 11 is 5.93. The quantitative estimate of drug-likeness (QED) is 0.565. The van der Waals surface area contributed by atoms with Crippen molar-refractivity contribution in [2.45, 2.75) is 6.92 Å². The number of hydrogen-bond donors (Lipinski definition) is 0. The van der Waals surface area contributed by atoms with Gasteiger partial charge in [0.15, 0.2) is 6.20 Å². The summed E-state index contributed by atoms with van der Waals surface area (Å²) in [5.74, 6) is 0. The minimum absolute atomic E-state index is 0.786. The molecule has 1 nitrogen and oxygen atoms in total. The second-order valence-electron chi connectivity index (χ2n) is 3.27. The van der Waals surface area contributed by atoms with Crippen LogP contribution in [0.5, 0.6) is 0 Å². The van der Waals surface area contributed by atoms with Gasteiger partial charge in [-0.15, -0.1) is 0 Å². The van der Waals surface area contributed by atoms with E-state index in [-0.39, 0.29) is 0 Å². The summed E-state index contributed by atoms with van der Waals surface area (Å²) in [7, 11) is 2.03. The summed E-state index contributed by atoms with van der Waals surface area (Å²) in [6.45, 7) is 2.11. The molecule has 0 fully saturated rings. The lowest BCUT2D eigenvalue weighted by Crippen LogP contribution is -2.28. The van der Waals surface area contributed by atoms with Gasteiger partial charge in [-0.1, -0.05) is 11.6 Å². The van der Waals surface area contributed by atoms with E-state index < -0.39 is 0 Å². The van der Waals surface area contributed by atoms with Crippen LogP contribution in [0.15, 0.2) is 30.5 Å². The van der Waals surface area contributed by atoms with E-state index in [1.165, 1.54) is 16.5 Å². The van der Waals surface area contributed by atoms with Gasteiger partial charge in [-0.25, -0.2) is 4.57 Å². The zero-order valence-corrected chi connectivity index (χ0v) is 8.47. The van der Waals surface area contributed by atoms with Crippen LogP contribution in [0, 0.1) is 6.92 Å². The summed E-state index contributed by atoms with van der Waals surface area (Å²) in [5.41, 5.74) is 2.46. The molecule has 1 heterocycles. The van der Waals surface area contributed by atoms with Crippen LogP contribution in [0.4, 0.5) is 0 Å². The lowest BCUT2D eigenvalue weighted by Gasteiger charge is -1.99. The van der Waals surface area contributed by atoms with Crippen LogP contribution in [0.2, 0.25) is 5.02 Å². The molecule has 0 N–H and O–H groups in total. The molecule has 0 saturated heterocycles. The fourth-order valence-electron chi connectivity index (χ4n) is 1.52. The molecular formula is C11H11ClN+. The van der Waals surface area contributed by atoms with E-state index in [0.717, 1.165) is 5.02 Å². The molecule has 13 heavy (non-hydrogen) atoms. The third-order valence-electron chi connectivity index (χ3n) is 2.31. The van der Waals surface area contributed by atoms with Crippen molar-refractivity contribution < 1.29 is 4.57 Å². The zero-order valence-electron chi connectivity index (χ0n) is 7.71. The highest BCUT2D eigenvalue weighted by Crippen LogP contribution is 2.18. The maximum absolute atomic E-state index is 5.93. The smallest absolute Gasteiger partial charge is 0.201 e. The van der Waals surface area contributed by atoms with Crippen molar-refractivity contribution in [2.24, 2.45) is 7.05 Å². The van der Waals surface area contributed by atoms with Gasteiger partial charge in [0.2, 0.25) is 5.52 Å². The first-order chi connectivity index (χ1) is 6.18. The van der Waals surface area contributed by atoms with Gasteiger partial charge >= 0.3 is 0 Å². The third-order valence-corrected chi connectivity index (χ3v) is 2.55. The Balaban J connectivity index is 2.92. The Kier molecular flexibility index (Phi) is 1.97. The molecule has 1 aromatic heterocycles. The topological polar surface area (TPSA) is 3.88 Å². The van der Waals surface area contributed by atoms with Crippen LogP contribution < -0.4 is 4.57 Å². The van der Waals surface area contributed by atoms with E-state index in [1.807, 2.05) is 25.4 Å². The minimum atomic E-state index is 0.786. The molecule has 0 amide bonds. The standard InChI is InChI=1S/C11H11ClN/c1-8-5-6-13(2)11-7-9(12)3-4-10(8)11/h3-7H,1-2H3/q+1. The molecule has 0 spiro atoms. The lowest BCUT2D eigenvalue weighted by atomic mass is 10.1. The summed E-state index contributed by atoms with van der Waals surface area (Å²) < 4.78 is 2.08. The summed E-state index contributed by atoms with van der Waals surface area (Å²) in [6.07, 6.45) is 2.05. The van der Waals surface area contributed by atoms with Crippen LogP contribution in [-0.4, -0.2) is 0 Å². The molecule has 1 aromatic carbocycles. The first-order valence-corrected chi connectivity index (χ1v) is 4.61. The SMILES string of the molecule is Cc1cc[n+](C)c2cc(Cl)ccc12. The normalized spacial score (nSPS) is 10.7. The highest BCUT2D eigenvalue weighted by Gasteiger charge is 2.06. The first-order valence-electron chi connectivity index (χ1n) is 4.23. The Morgan fingerprint density at radius 2 is 2.00 bits per heavy atom. The van der Waals surface area contributed by atoms with E-state index >= 15 is 0 Å². The van der Waals surface area contributed by atoms with Gasteiger partial charge in [-0.05, 0) is 24.6 Å². The molecule has 66 valence electrons. The Labute approximate surface area is 82.6 Å². The van der Waals surface area contributed by atoms with Gasteiger partial charge in [-0.2, -0.15) is 0 Å². The largest absolute Gasteiger partial charge is 0.214 e. The fraction of sp³-hybridized carbons (Fsp3) is 0.182. The molecule has 0 aliphatic rings. The van der Waals surface area contributed by atoms with Crippen LogP contribution in [0.3, 0.4) is 0 Å². The first kappa shape index (κ1) is 8.52. The van der Waals surface area contributed by atoms with E-state index in [2.05, 4.69) is 23.6 Å². The Bertz CT molecular complexity index is 463. The predicted molar refractivity (Wildman–Crippen MR) is 54.9 cm³/mol. The molecule has 0 aliphatic heterocycles. The van der Waals surface area contributed by atoms with E-state index in [4.69, 9.17) is 11.6 Å². The van der Waals surface area contributed by atoms with Crippen molar-refractivity contribution in [3.63, 3.8) is 0 Å². The number of rotatable bonds is 0.